The lowest BCUT2D eigenvalue weighted by Gasteiger charge is -2.51. The third kappa shape index (κ3) is 4.27. The van der Waals surface area contributed by atoms with Crippen molar-refractivity contribution in [1.82, 2.24) is 4.90 Å². The van der Waals surface area contributed by atoms with Crippen LogP contribution >= 0.6 is 0 Å². The zero-order chi connectivity index (χ0) is 19.2. The van der Waals surface area contributed by atoms with E-state index in [0.717, 1.165) is 11.7 Å². The fourth-order valence-corrected chi connectivity index (χ4v) is 5.64. The molecule has 0 unspecified atom stereocenters. The Balaban J connectivity index is 1.35. The highest BCUT2D eigenvalue weighted by Crippen LogP contribution is 2.49. The number of piperidine rings is 1. The van der Waals surface area contributed by atoms with Crippen molar-refractivity contribution < 1.29 is 4.74 Å². The summed E-state index contributed by atoms with van der Waals surface area (Å²) in [5.41, 5.74) is 3.39. The average molecular weight is 378 g/mol. The van der Waals surface area contributed by atoms with E-state index < -0.39 is 0 Å². The lowest BCUT2D eigenvalue weighted by molar-refractivity contribution is 0.0553. The minimum absolute atomic E-state index is 0.382. The predicted molar refractivity (Wildman–Crippen MR) is 117 cm³/mol. The molecule has 1 saturated heterocycles. The van der Waals surface area contributed by atoms with Gasteiger partial charge in [-0.1, -0.05) is 55.3 Å². The van der Waals surface area contributed by atoms with Crippen molar-refractivity contribution in [2.45, 2.75) is 56.8 Å². The van der Waals surface area contributed by atoms with Gasteiger partial charge < -0.3 is 9.64 Å². The molecule has 1 aliphatic heterocycles. The summed E-state index contributed by atoms with van der Waals surface area (Å²) in [7, 11) is 1.78. The summed E-state index contributed by atoms with van der Waals surface area (Å²) < 4.78 is 5.53. The second-order valence-electron chi connectivity index (χ2n) is 8.82. The lowest BCUT2D eigenvalue weighted by Crippen LogP contribution is -2.51. The van der Waals surface area contributed by atoms with E-state index in [1.807, 2.05) is 0 Å². The fraction of sp³-hybridized carbons (Fsp3) is 0.538. The lowest BCUT2D eigenvalue weighted by atomic mass is 9.59. The molecule has 2 aromatic rings. The molecule has 4 rings (SSSR count). The summed E-state index contributed by atoms with van der Waals surface area (Å²) in [6.45, 7) is 3.79. The van der Waals surface area contributed by atoms with Crippen LogP contribution in [0.2, 0.25) is 0 Å². The zero-order valence-corrected chi connectivity index (χ0v) is 17.4. The fourth-order valence-electron chi connectivity index (χ4n) is 5.64. The predicted octanol–water partition coefficient (Wildman–Crippen LogP) is 5.85. The highest BCUT2D eigenvalue weighted by Gasteiger charge is 2.45. The van der Waals surface area contributed by atoms with Gasteiger partial charge in [0.2, 0.25) is 0 Å². The van der Waals surface area contributed by atoms with Crippen molar-refractivity contribution in [2.75, 3.05) is 26.7 Å². The number of hydrogen-bond acceptors (Lipinski definition) is 2. The van der Waals surface area contributed by atoms with Crippen LogP contribution in [0.15, 0.2) is 54.6 Å². The quantitative estimate of drug-likeness (QED) is 0.561. The van der Waals surface area contributed by atoms with Crippen LogP contribution in [0.4, 0.5) is 0 Å². The Morgan fingerprint density at radius 2 is 1.89 bits per heavy atom. The SMILES string of the molecule is COc1cccc([C@@]23CCCC[C@@H]2CN(CCCCc2ccccc2)CC3)c1. The van der Waals surface area contributed by atoms with Crippen LogP contribution in [-0.2, 0) is 11.8 Å². The molecule has 0 spiro atoms. The number of unbranched alkanes of at least 4 members (excludes halogenated alkanes) is 1. The number of likely N-dealkylation sites (tertiary alicyclic amines) is 1. The summed E-state index contributed by atoms with van der Waals surface area (Å²) in [5, 5.41) is 0. The molecule has 2 atom stereocenters. The molecule has 0 aromatic heterocycles. The van der Waals surface area contributed by atoms with Gasteiger partial charge in [0.25, 0.3) is 0 Å². The van der Waals surface area contributed by atoms with Gasteiger partial charge in [-0.05, 0) is 80.8 Å². The van der Waals surface area contributed by atoms with Crippen molar-refractivity contribution >= 4 is 0 Å². The Kier molecular flexibility index (Phi) is 6.36. The Labute approximate surface area is 170 Å². The van der Waals surface area contributed by atoms with E-state index in [0.29, 0.717) is 5.41 Å². The van der Waals surface area contributed by atoms with E-state index in [1.54, 1.807) is 7.11 Å². The van der Waals surface area contributed by atoms with Crippen LogP contribution in [0, 0.1) is 5.92 Å². The highest BCUT2D eigenvalue weighted by atomic mass is 16.5. The summed E-state index contributed by atoms with van der Waals surface area (Å²) in [6.07, 6.45) is 10.7. The molecule has 0 amide bonds. The number of rotatable bonds is 7. The standard InChI is InChI=1S/C26H35NO/c1-28-25-15-9-14-23(20-25)26-16-7-5-13-24(26)21-27(19-17-26)18-8-6-12-22-10-3-2-4-11-22/h2-4,9-11,14-15,20,24H,5-8,12-13,16-19,21H2,1H3/t24-,26+/m1/s1. The van der Waals surface area contributed by atoms with Crippen LogP contribution < -0.4 is 4.74 Å². The maximum atomic E-state index is 5.53. The first-order chi connectivity index (χ1) is 13.8. The number of fused-ring (bicyclic) bond motifs is 1. The Hall–Kier alpha value is -1.80. The Morgan fingerprint density at radius 3 is 2.75 bits per heavy atom. The monoisotopic (exact) mass is 377 g/mol. The first kappa shape index (κ1) is 19.5. The molecule has 2 heteroatoms. The van der Waals surface area contributed by atoms with Gasteiger partial charge in [-0.2, -0.15) is 0 Å². The van der Waals surface area contributed by atoms with Crippen LogP contribution in [-0.4, -0.2) is 31.6 Å². The molecule has 1 saturated carbocycles. The van der Waals surface area contributed by atoms with Crippen molar-refractivity contribution in [3.63, 3.8) is 0 Å². The summed E-state index contributed by atoms with van der Waals surface area (Å²) in [4.78, 5) is 2.75. The number of aryl methyl sites for hydroxylation is 1. The van der Waals surface area contributed by atoms with Crippen LogP contribution in [0.25, 0.3) is 0 Å². The zero-order valence-electron chi connectivity index (χ0n) is 17.4. The molecule has 0 N–H and O–H groups in total. The number of ether oxygens (including phenoxy) is 1. The van der Waals surface area contributed by atoms with Gasteiger partial charge >= 0.3 is 0 Å². The smallest absolute Gasteiger partial charge is 0.119 e. The van der Waals surface area contributed by atoms with E-state index in [4.69, 9.17) is 4.74 Å². The number of benzene rings is 2. The summed E-state index contributed by atoms with van der Waals surface area (Å²) >= 11 is 0. The number of methoxy groups -OCH3 is 1. The van der Waals surface area contributed by atoms with E-state index >= 15 is 0 Å². The topological polar surface area (TPSA) is 12.5 Å². The van der Waals surface area contributed by atoms with Gasteiger partial charge in [-0.3, -0.25) is 0 Å². The highest BCUT2D eigenvalue weighted by molar-refractivity contribution is 5.35. The van der Waals surface area contributed by atoms with Crippen LogP contribution in [0.5, 0.6) is 5.75 Å². The van der Waals surface area contributed by atoms with Crippen molar-refractivity contribution in [1.29, 1.82) is 0 Å². The molecular weight excluding hydrogens is 342 g/mol. The van der Waals surface area contributed by atoms with Gasteiger partial charge in [0.1, 0.15) is 5.75 Å². The van der Waals surface area contributed by atoms with E-state index in [-0.39, 0.29) is 0 Å². The second kappa shape index (κ2) is 9.13. The Bertz CT molecular complexity index is 743. The largest absolute Gasteiger partial charge is 0.497 e. The first-order valence-electron chi connectivity index (χ1n) is 11.2. The number of nitrogens with zero attached hydrogens (tertiary/aromatic N) is 1. The van der Waals surface area contributed by atoms with E-state index in [1.165, 1.54) is 82.1 Å². The molecule has 2 fully saturated rings. The van der Waals surface area contributed by atoms with Gasteiger partial charge in [0, 0.05) is 12.0 Å². The van der Waals surface area contributed by atoms with Crippen LogP contribution in [0.3, 0.4) is 0 Å². The number of hydrogen-bond donors (Lipinski definition) is 0. The van der Waals surface area contributed by atoms with E-state index in [9.17, 15) is 0 Å². The molecule has 28 heavy (non-hydrogen) atoms. The first-order valence-corrected chi connectivity index (χ1v) is 11.2. The van der Waals surface area contributed by atoms with Crippen molar-refractivity contribution in [3.05, 3.63) is 65.7 Å². The van der Waals surface area contributed by atoms with Gasteiger partial charge in [-0.25, -0.2) is 0 Å². The molecule has 0 radical (unpaired) electrons. The molecule has 2 nitrogen and oxygen atoms in total. The second-order valence-corrected chi connectivity index (χ2v) is 8.82. The van der Waals surface area contributed by atoms with Crippen LogP contribution in [0.1, 0.15) is 56.1 Å². The average Bonchev–Trinajstić information content (AvgIpc) is 2.77. The third-order valence-electron chi connectivity index (χ3n) is 7.24. The van der Waals surface area contributed by atoms with E-state index in [2.05, 4.69) is 59.5 Å². The molecule has 1 heterocycles. The normalized spacial score (nSPS) is 25.2. The molecule has 150 valence electrons. The van der Waals surface area contributed by atoms with Gasteiger partial charge in [-0.15, -0.1) is 0 Å². The maximum absolute atomic E-state index is 5.53. The van der Waals surface area contributed by atoms with Crippen molar-refractivity contribution in [2.24, 2.45) is 5.92 Å². The maximum Gasteiger partial charge on any atom is 0.119 e. The molecule has 2 aliphatic rings. The van der Waals surface area contributed by atoms with Gasteiger partial charge in [0.15, 0.2) is 0 Å². The van der Waals surface area contributed by atoms with Crippen molar-refractivity contribution in [3.8, 4) is 5.75 Å². The molecule has 2 aromatic carbocycles. The Morgan fingerprint density at radius 1 is 1.00 bits per heavy atom. The summed E-state index contributed by atoms with van der Waals surface area (Å²) in [6, 6.07) is 19.9. The third-order valence-corrected chi connectivity index (χ3v) is 7.24. The molecule has 1 aliphatic carbocycles. The minimum atomic E-state index is 0.382. The summed E-state index contributed by atoms with van der Waals surface area (Å²) in [5.74, 6) is 1.82. The minimum Gasteiger partial charge on any atom is -0.497 e. The molecular formula is C26H35NO. The molecule has 0 bridgehead atoms. The van der Waals surface area contributed by atoms with Gasteiger partial charge in [0.05, 0.1) is 7.11 Å².